The third-order valence-electron chi connectivity index (χ3n) is 7.01. The van der Waals surface area contributed by atoms with Crippen molar-refractivity contribution in [1.29, 1.82) is 0 Å². The number of nitrogens with one attached hydrogen (secondary N) is 1. The Labute approximate surface area is 266 Å². The second-order valence-electron chi connectivity index (χ2n) is 10.7. The maximum atomic E-state index is 13.2. The van der Waals surface area contributed by atoms with Crippen molar-refractivity contribution in [3.8, 4) is 0 Å². The van der Waals surface area contributed by atoms with Crippen LogP contribution >= 0.6 is 13.5 Å². The molecule has 0 radical (unpaired) electrons. The van der Waals surface area contributed by atoms with E-state index in [4.69, 9.17) is 0 Å². The molecular formula is C35H52N4O3S. The molecule has 3 amide bonds. The van der Waals surface area contributed by atoms with Crippen molar-refractivity contribution >= 4 is 31.2 Å². The van der Waals surface area contributed by atoms with Crippen molar-refractivity contribution < 1.29 is 14.4 Å². The molecule has 43 heavy (non-hydrogen) atoms. The van der Waals surface area contributed by atoms with Gasteiger partial charge in [-0.3, -0.25) is 19.4 Å². The monoisotopic (exact) mass is 608 g/mol. The van der Waals surface area contributed by atoms with E-state index >= 15 is 0 Å². The van der Waals surface area contributed by atoms with Gasteiger partial charge in [0.25, 0.3) is 5.91 Å². The maximum Gasteiger partial charge on any atom is 0.253 e. The molecule has 236 valence electrons. The van der Waals surface area contributed by atoms with Gasteiger partial charge in [0, 0.05) is 45.0 Å². The molecule has 0 saturated carbocycles. The highest BCUT2D eigenvalue weighted by Crippen LogP contribution is 2.12. The zero-order valence-electron chi connectivity index (χ0n) is 26.3. The summed E-state index contributed by atoms with van der Waals surface area (Å²) in [5.74, 6) is -0.335. The quantitative estimate of drug-likeness (QED) is 0.161. The topological polar surface area (TPSA) is 82.6 Å². The van der Waals surface area contributed by atoms with Crippen LogP contribution in [0.4, 0.5) is 0 Å². The number of allylic oxidation sites excluding steroid dienone is 10. The van der Waals surface area contributed by atoms with Gasteiger partial charge < -0.3 is 15.1 Å². The fraction of sp³-hybridized carbons (Fsp3) is 0.486. The highest BCUT2D eigenvalue weighted by atomic mass is 32.1. The van der Waals surface area contributed by atoms with E-state index in [0.717, 1.165) is 44.9 Å². The number of nitrogens with zero attached hydrogens (tertiary/aromatic N) is 3. The summed E-state index contributed by atoms with van der Waals surface area (Å²) in [5, 5.41) is 2.87. The van der Waals surface area contributed by atoms with Crippen LogP contribution in [0.2, 0.25) is 0 Å². The van der Waals surface area contributed by atoms with E-state index in [1.165, 1.54) is 6.20 Å². The zero-order valence-corrected chi connectivity index (χ0v) is 27.3. The van der Waals surface area contributed by atoms with Gasteiger partial charge in [-0.05, 0) is 63.0 Å². The number of pyridine rings is 1. The largest absolute Gasteiger partial charge is 0.340 e. The molecule has 1 aliphatic rings. The Hall–Kier alpha value is -3.39. The van der Waals surface area contributed by atoms with Crippen molar-refractivity contribution in [1.82, 2.24) is 20.1 Å². The Bertz CT molecular complexity index is 1090. The van der Waals surface area contributed by atoms with Gasteiger partial charge >= 0.3 is 0 Å². The van der Waals surface area contributed by atoms with Crippen molar-refractivity contribution in [3.05, 3.63) is 90.9 Å². The van der Waals surface area contributed by atoms with Gasteiger partial charge in [0.05, 0.1) is 5.56 Å². The van der Waals surface area contributed by atoms with E-state index < -0.39 is 6.04 Å². The summed E-state index contributed by atoms with van der Waals surface area (Å²) < 4.78 is 0. The van der Waals surface area contributed by atoms with Crippen LogP contribution in [0.15, 0.2) is 85.3 Å². The molecule has 2 heterocycles. The predicted octanol–water partition coefficient (Wildman–Crippen LogP) is 6.54. The standard InChI is InChI=1S/C35H50N4O3.H2S/c1-4-5-6-7-8-9-10-11-12-13-14-15-16-17-18-19-20-23-32(40)38-25-27-39(28-26-38)35(42)33(30(2)3)37-34(41)31-22-21-24-36-29-31;/h5-6,8-9,11-12,14-15,17-18,21-22,24,29-30,33H,4,7,10,13,16,19-20,23,25-28H2,1-3H3,(H,37,41);1H2/b6-5-,9-8-,12-11-,15-14-,18-17-;/t33-;/m0./s1. The van der Waals surface area contributed by atoms with E-state index in [0.29, 0.717) is 38.2 Å². The lowest BCUT2D eigenvalue weighted by molar-refractivity contribution is -0.141. The predicted molar refractivity (Wildman–Crippen MR) is 182 cm³/mol. The number of unbranched alkanes of at least 4 members (excludes halogenated alkanes) is 1. The first-order valence-corrected chi connectivity index (χ1v) is 15.5. The maximum absolute atomic E-state index is 13.2. The Morgan fingerprint density at radius 3 is 1.88 bits per heavy atom. The van der Waals surface area contributed by atoms with Gasteiger partial charge in [-0.1, -0.05) is 81.5 Å². The second-order valence-corrected chi connectivity index (χ2v) is 10.7. The number of hydrogen-bond acceptors (Lipinski definition) is 4. The van der Waals surface area contributed by atoms with E-state index in [-0.39, 0.29) is 37.1 Å². The first-order valence-electron chi connectivity index (χ1n) is 15.5. The van der Waals surface area contributed by atoms with E-state index in [1.54, 1.807) is 23.2 Å². The van der Waals surface area contributed by atoms with Gasteiger partial charge in [0.15, 0.2) is 0 Å². The molecule has 7 nitrogen and oxygen atoms in total. The van der Waals surface area contributed by atoms with Crippen LogP contribution in [0.1, 0.15) is 82.5 Å². The highest BCUT2D eigenvalue weighted by Gasteiger charge is 2.31. The number of carbonyl (C=O) groups is 3. The summed E-state index contributed by atoms with van der Waals surface area (Å²) in [4.78, 5) is 46.1. The summed E-state index contributed by atoms with van der Waals surface area (Å²) >= 11 is 0. The number of piperazine rings is 1. The summed E-state index contributed by atoms with van der Waals surface area (Å²) in [6, 6.07) is 2.75. The minimum absolute atomic E-state index is 0. The van der Waals surface area contributed by atoms with Crippen LogP contribution < -0.4 is 5.32 Å². The summed E-state index contributed by atoms with van der Waals surface area (Å²) in [6.45, 7) is 7.98. The number of aromatic nitrogens is 1. The van der Waals surface area contributed by atoms with Crippen LogP contribution in [-0.4, -0.2) is 64.7 Å². The molecule has 0 unspecified atom stereocenters. The molecular weight excluding hydrogens is 556 g/mol. The molecule has 1 fully saturated rings. The lowest BCUT2D eigenvalue weighted by atomic mass is 10.0. The molecule has 1 N–H and O–H groups in total. The van der Waals surface area contributed by atoms with Crippen LogP contribution in [0.3, 0.4) is 0 Å². The normalized spacial score (nSPS) is 14.9. The number of hydrogen-bond donors (Lipinski definition) is 1. The minimum Gasteiger partial charge on any atom is -0.340 e. The van der Waals surface area contributed by atoms with Gasteiger partial charge in [-0.2, -0.15) is 13.5 Å². The Balaban J connectivity index is 0.00000924. The van der Waals surface area contributed by atoms with Crippen LogP contribution in [0.5, 0.6) is 0 Å². The van der Waals surface area contributed by atoms with Gasteiger partial charge in [-0.15, -0.1) is 0 Å². The van der Waals surface area contributed by atoms with Gasteiger partial charge in [0.1, 0.15) is 6.04 Å². The van der Waals surface area contributed by atoms with E-state index in [2.05, 4.69) is 78.0 Å². The highest BCUT2D eigenvalue weighted by molar-refractivity contribution is 7.59. The number of carbonyl (C=O) groups excluding carboxylic acids is 3. The molecule has 0 spiro atoms. The van der Waals surface area contributed by atoms with Crippen LogP contribution in [0.25, 0.3) is 0 Å². The fourth-order valence-electron chi connectivity index (χ4n) is 4.51. The first-order chi connectivity index (χ1) is 20.4. The molecule has 8 heteroatoms. The SMILES string of the molecule is CC/C=C\C/C=C\C/C=C\C/C=C\C/C=C\CCCC(=O)N1CCN(C(=O)[C@@H](NC(=O)c2cccnc2)C(C)C)CC1.S. The molecule has 0 bridgehead atoms. The second kappa shape index (κ2) is 23.1. The molecule has 1 saturated heterocycles. The van der Waals surface area contributed by atoms with Crippen molar-refractivity contribution in [2.45, 2.75) is 78.2 Å². The fourth-order valence-corrected chi connectivity index (χ4v) is 4.51. The third-order valence-corrected chi connectivity index (χ3v) is 7.01. The Morgan fingerprint density at radius 2 is 1.37 bits per heavy atom. The van der Waals surface area contributed by atoms with Gasteiger partial charge in [0.2, 0.25) is 11.8 Å². The van der Waals surface area contributed by atoms with Crippen LogP contribution in [0, 0.1) is 5.92 Å². The van der Waals surface area contributed by atoms with Crippen LogP contribution in [-0.2, 0) is 9.59 Å². The molecule has 1 aromatic rings. The molecule has 0 aromatic carbocycles. The lowest BCUT2D eigenvalue weighted by Crippen LogP contribution is -2.57. The summed E-state index contributed by atoms with van der Waals surface area (Å²) in [7, 11) is 0. The minimum atomic E-state index is -0.622. The number of rotatable bonds is 17. The summed E-state index contributed by atoms with van der Waals surface area (Å²) in [5.41, 5.74) is 0.427. The summed E-state index contributed by atoms with van der Waals surface area (Å²) in [6.07, 6.45) is 32.1. The average Bonchev–Trinajstić information content (AvgIpc) is 3.01. The zero-order chi connectivity index (χ0) is 30.4. The van der Waals surface area contributed by atoms with E-state index in [1.807, 2.05) is 18.7 Å². The van der Waals surface area contributed by atoms with E-state index in [9.17, 15) is 14.4 Å². The molecule has 1 atom stereocenters. The smallest absolute Gasteiger partial charge is 0.253 e. The van der Waals surface area contributed by atoms with Gasteiger partial charge in [-0.25, -0.2) is 0 Å². The third kappa shape index (κ3) is 15.6. The van der Waals surface area contributed by atoms with Crippen molar-refractivity contribution in [3.63, 3.8) is 0 Å². The number of amides is 3. The average molecular weight is 609 g/mol. The first kappa shape index (κ1) is 37.6. The Kier molecular flexibility index (Phi) is 20.2. The molecule has 1 aromatic heterocycles. The molecule has 2 rings (SSSR count). The molecule has 1 aliphatic heterocycles. The van der Waals surface area contributed by atoms with Crippen molar-refractivity contribution in [2.24, 2.45) is 5.92 Å². The van der Waals surface area contributed by atoms with Crippen molar-refractivity contribution in [2.75, 3.05) is 26.2 Å². The Morgan fingerprint density at radius 1 is 0.837 bits per heavy atom. The lowest BCUT2D eigenvalue weighted by Gasteiger charge is -2.37. The molecule has 0 aliphatic carbocycles.